The first-order chi connectivity index (χ1) is 10.2. The molecule has 0 bridgehead atoms. The van der Waals surface area contributed by atoms with E-state index in [1.165, 1.54) is 0 Å². The van der Waals surface area contributed by atoms with Crippen LogP contribution in [0.4, 0.5) is 5.69 Å². The molecular formula is C18H22N2O. The third-order valence-corrected chi connectivity index (χ3v) is 3.59. The molecule has 21 heavy (non-hydrogen) atoms. The summed E-state index contributed by atoms with van der Waals surface area (Å²) in [7, 11) is 0. The van der Waals surface area contributed by atoms with Crippen molar-refractivity contribution in [2.75, 3.05) is 18.0 Å². The van der Waals surface area contributed by atoms with E-state index in [2.05, 4.69) is 0 Å². The minimum absolute atomic E-state index is 0.112. The van der Waals surface area contributed by atoms with E-state index in [-0.39, 0.29) is 11.8 Å². The van der Waals surface area contributed by atoms with Crippen molar-refractivity contribution in [1.82, 2.24) is 0 Å². The Morgan fingerprint density at radius 2 is 1.62 bits per heavy atom. The zero-order chi connectivity index (χ0) is 15.1. The molecule has 0 spiro atoms. The average molecular weight is 282 g/mol. The van der Waals surface area contributed by atoms with Gasteiger partial charge in [-0.2, -0.15) is 0 Å². The van der Waals surface area contributed by atoms with Crippen LogP contribution in [0.25, 0.3) is 0 Å². The Labute approximate surface area is 126 Å². The van der Waals surface area contributed by atoms with Crippen molar-refractivity contribution < 1.29 is 4.79 Å². The summed E-state index contributed by atoms with van der Waals surface area (Å²) in [5.41, 5.74) is 7.57. The molecule has 0 aliphatic carbocycles. The maximum Gasteiger partial charge on any atom is 0.234 e. The molecule has 0 aromatic heterocycles. The van der Waals surface area contributed by atoms with Gasteiger partial charge in [-0.3, -0.25) is 4.79 Å². The van der Waals surface area contributed by atoms with Gasteiger partial charge in [0, 0.05) is 12.2 Å². The fourth-order valence-corrected chi connectivity index (χ4v) is 2.34. The molecule has 2 rings (SSSR count). The summed E-state index contributed by atoms with van der Waals surface area (Å²) in [4.78, 5) is 14.7. The number of nitrogens with zero attached hydrogens (tertiary/aromatic N) is 1. The predicted molar refractivity (Wildman–Crippen MR) is 87.3 cm³/mol. The molecule has 0 radical (unpaired) electrons. The molecule has 0 heterocycles. The molecule has 2 N–H and O–H groups in total. The Bertz CT molecular complexity index is 554. The van der Waals surface area contributed by atoms with Gasteiger partial charge < -0.3 is 10.6 Å². The van der Waals surface area contributed by atoms with Gasteiger partial charge in [-0.05, 0) is 37.6 Å². The van der Waals surface area contributed by atoms with Crippen molar-refractivity contribution in [3.05, 3.63) is 66.2 Å². The molecule has 2 aromatic carbocycles. The summed E-state index contributed by atoms with van der Waals surface area (Å²) in [6, 6.07) is 19.7. The fraction of sp³-hybridized carbons (Fsp3) is 0.278. The van der Waals surface area contributed by atoms with Gasteiger partial charge in [0.25, 0.3) is 0 Å². The van der Waals surface area contributed by atoms with Crippen molar-refractivity contribution in [1.29, 1.82) is 0 Å². The summed E-state index contributed by atoms with van der Waals surface area (Å²) in [6.45, 7) is 3.18. The molecule has 0 saturated carbocycles. The number of hydrogen-bond acceptors (Lipinski definition) is 2. The molecular weight excluding hydrogens is 260 g/mol. The average Bonchev–Trinajstić information content (AvgIpc) is 2.56. The predicted octanol–water partition coefficient (Wildman–Crippen LogP) is 3.17. The smallest absolute Gasteiger partial charge is 0.234 e. The van der Waals surface area contributed by atoms with Crippen LogP contribution in [0.15, 0.2) is 60.7 Å². The highest BCUT2D eigenvalue weighted by Gasteiger charge is 2.22. The Morgan fingerprint density at radius 1 is 1.05 bits per heavy atom. The topological polar surface area (TPSA) is 46.3 Å². The summed E-state index contributed by atoms with van der Waals surface area (Å²) in [5.74, 6) is -0.0509. The van der Waals surface area contributed by atoms with E-state index in [4.69, 9.17) is 5.73 Å². The summed E-state index contributed by atoms with van der Waals surface area (Å²) >= 11 is 0. The van der Waals surface area contributed by atoms with E-state index >= 15 is 0 Å². The molecule has 0 aliphatic heterocycles. The lowest BCUT2D eigenvalue weighted by molar-refractivity contribution is -0.119. The van der Waals surface area contributed by atoms with Crippen molar-refractivity contribution >= 4 is 11.6 Å². The standard InChI is InChI=1S/C18H22N2O/c1-15(16-9-4-2-5-10-16)18(21)20(14-8-13-19)17-11-6-3-7-12-17/h2-7,9-12,15H,8,13-14,19H2,1H3. The van der Waals surface area contributed by atoms with Crippen LogP contribution >= 0.6 is 0 Å². The van der Waals surface area contributed by atoms with Crippen molar-refractivity contribution in [2.24, 2.45) is 5.73 Å². The van der Waals surface area contributed by atoms with Gasteiger partial charge in [-0.1, -0.05) is 48.5 Å². The monoisotopic (exact) mass is 282 g/mol. The van der Waals surface area contributed by atoms with Gasteiger partial charge in [0.05, 0.1) is 5.92 Å². The first kappa shape index (κ1) is 15.3. The van der Waals surface area contributed by atoms with Gasteiger partial charge in [0.15, 0.2) is 0 Å². The van der Waals surface area contributed by atoms with Crippen LogP contribution in [0.3, 0.4) is 0 Å². The number of amides is 1. The zero-order valence-electron chi connectivity index (χ0n) is 12.4. The van der Waals surface area contributed by atoms with E-state index in [0.29, 0.717) is 13.1 Å². The minimum Gasteiger partial charge on any atom is -0.330 e. The number of rotatable bonds is 6. The molecule has 1 amide bonds. The normalized spacial score (nSPS) is 11.9. The Morgan fingerprint density at radius 3 is 2.19 bits per heavy atom. The van der Waals surface area contributed by atoms with Crippen LogP contribution in [0.2, 0.25) is 0 Å². The first-order valence-electron chi connectivity index (χ1n) is 7.35. The lowest BCUT2D eigenvalue weighted by Gasteiger charge is -2.26. The SMILES string of the molecule is CC(C(=O)N(CCCN)c1ccccc1)c1ccccc1. The van der Waals surface area contributed by atoms with Gasteiger partial charge in [-0.15, -0.1) is 0 Å². The quantitative estimate of drug-likeness (QED) is 0.884. The highest BCUT2D eigenvalue weighted by Crippen LogP contribution is 2.22. The number of carbonyl (C=O) groups is 1. The van der Waals surface area contributed by atoms with Crippen molar-refractivity contribution in [3.63, 3.8) is 0 Å². The van der Waals surface area contributed by atoms with E-state index in [1.54, 1.807) is 0 Å². The van der Waals surface area contributed by atoms with Gasteiger partial charge in [-0.25, -0.2) is 0 Å². The molecule has 3 heteroatoms. The summed E-state index contributed by atoms with van der Waals surface area (Å²) in [5, 5.41) is 0. The molecule has 110 valence electrons. The van der Waals surface area contributed by atoms with Gasteiger partial charge in [0.2, 0.25) is 5.91 Å². The maximum atomic E-state index is 12.8. The summed E-state index contributed by atoms with van der Waals surface area (Å²) < 4.78 is 0. The third kappa shape index (κ3) is 3.92. The van der Waals surface area contributed by atoms with Crippen LogP contribution in [0, 0.1) is 0 Å². The Kier molecular flexibility index (Phi) is 5.52. The fourth-order valence-electron chi connectivity index (χ4n) is 2.34. The number of nitrogens with two attached hydrogens (primary N) is 1. The lowest BCUT2D eigenvalue weighted by atomic mass is 9.99. The van der Waals surface area contributed by atoms with Gasteiger partial charge in [0.1, 0.15) is 0 Å². The number of benzene rings is 2. The van der Waals surface area contributed by atoms with E-state index < -0.39 is 0 Å². The number of carbonyl (C=O) groups excluding carboxylic acids is 1. The Hall–Kier alpha value is -2.13. The molecule has 1 atom stereocenters. The van der Waals surface area contributed by atoms with Crippen molar-refractivity contribution in [2.45, 2.75) is 19.3 Å². The van der Waals surface area contributed by atoms with Crippen LogP contribution < -0.4 is 10.6 Å². The van der Waals surface area contributed by atoms with E-state index in [1.807, 2.05) is 72.5 Å². The van der Waals surface area contributed by atoms with Crippen LogP contribution in [-0.4, -0.2) is 19.0 Å². The minimum atomic E-state index is -0.163. The lowest BCUT2D eigenvalue weighted by Crippen LogP contribution is -2.36. The highest BCUT2D eigenvalue weighted by atomic mass is 16.2. The molecule has 0 fully saturated rings. The molecule has 0 saturated heterocycles. The second-order valence-electron chi connectivity index (χ2n) is 5.10. The van der Waals surface area contributed by atoms with E-state index in [0.717, 1.165) is 17.7 Å². The van der Waals surface area contributed by atoms with Gasteiger partial charge >= 0.3 is 0 Å². The number of para-hydroxylation sites is 1. The Balaban J connectivity index is 2.22. The number of anilines is 1. The second-order valence-corrected chi connectivity index (χ2v) is 5.10. The highest BCUT2D eigenvalue weighted by molar-refractivity contribution is 5.97. The number of hydrogen-bond donors (Lipinski definition) is 1. The molecule has 1 unspecified atom stereocenters. The first-order valence-corrected chi connectivity index (χ1v) is 7.35. The largest absolute Gasteiger partial charge is 0.330 e. The van der Waals surface area contributed by atoms with Crippen LogP contribution in [0.5, 0.6) is 0 Å². The molecule has 2 aromatic rings. The third-order valence-electron chi connectivity index (χ3n) is 3.59. The second kappa shape index (κ2) is 7.60. The maximum absolute atomic E-state index is 12.8. The van der Waals surface area contributed by atoms with E-state index in [9.17, 15) is 4.79 Å². The molecule has 3 nitrogen and oxygen atoms in total. The molecule has 0 aliphatic rings. The van der Waals surface area contributed by atoms with Crippen LogP contribution in [-0.2, 0) is 4.79 Å². The zero-order valence-corrected chi connectivity index (χ0v) is 12.4. The summed E-state index contributed by atoms with van der Waals surface area (Å²) in [6.07, 6.45) is 0.794. The van der Waals surface area contributed by atoms with Crippen LogP contribution in [0.1, 0.15) is 24.8 Å². The van der Waals surface area contributed by atoms with Crippen molar-refractivity contribution in [3.8, 4) is 0 Å².